The van der Waals surface area contributed by atoms with Gasteiger partial charge in [-0.05, 0) is 32.4 Å². The molecule has 7 heavy (non-hydrogen) atoms. The molecule has 39 valence electrons. The second kappa shape index (κ2) is 2.10. The third-order valence-electron chi connectivity index (χ3n) is 1.19. The fourth-order valence-corrected chi connectivity index (χ4v) is 0.743. The first-order chi connectivity index (χ1) is 3.39. The standard InChI is InChI=1S/C6H10N/c1-6-4-2-3-5-7-6/h5-6H,1-4H2. The van der Waals surface area contributed by atoms with Crippen molar-refractivity contribution in [2.45, 2.75) is 25.3 Å². The fraction of sp³-hybridized carbons (Fsp3) is 0.667. The second-order valence-electron chi connectivity index (χ2n) is 1.92. The van der Waals surface area contributed by atoms with Crippen LogP contribution in [0.15, 0.2) is 4.99 Å². The van der Waals surface area contributed by atoms with E-state index in [2.05, 4.69) is 11.9 Å². The smallest absolute Gasteiger partial charge is 0.0496 e. The van der Waals surface area contributed by atoms with E-state index in [9.17, 15) is 0 Å². The second-order valence-corrected chi connectivity index (χ2v) is 1.92. The van der Waals surface area contributed by atoms with Crippen molar-refractivity contribution in [2.24, 2.45) is 4.99 Å². The first-order valence-electron chi connectivity index (χ1n) is 2.74. The Kier molecular flexibility index (Phi) is 1.45. The molecule has 0 aliphatic carbocycles. The van der Waals surface area contributed by atoms with Crippen molar-refractivity contribution in [3.63, 3.8) is 0 Å². The summed E-state index contributed by atoms with van der Waals surface area (Å²) in [5.41, 5.74) is 0. The van der Waals surface area contributed by atoms with Crippen LogP contribution in [0.5, 0.6) is 0 Å². The van der Waals surface area contributed by atoms with Gasteiger partial charge in [-0.3, -0.25) is 4.99 Å². The van der Waals surface area contributed by atoms with Crippen molar-refractivity contribution in [3.05, 3.63) is 6.92 Å². The van der Waals surface area contributed by atoms with Crippen LogP contribution in [-0.2, 0) is 0 Å². The summed E-state index contributed by atoms with van der Waals surface area (Å²) in [6.07, 6.45) is 5.58. The van der Waals surface area contributed by atoms with Crippen molar-refractivity contribution in [2.75, 3.05) is 0 Å². The number of aliphatic imine (C=N–C) groups is 1. The molecule has 1 radical (unpaired) electrons. The summed E-state index contributed by atoms with van der Waals surface area (Å²) in [7, 11) is 0. The molecule has 1 aliphatic heterocycles. The van der Waals surface area contributed by atoms with E-state index in [1.165, 1.54) is 12.8 Å². The molecule has 0 aromatic heterocycles. The molecule has 1 nitrogen and oxygen atoms in total. The van der Waals surface area contributed by atoms with Crippen LogP contribution in [0.2, 0.25) is 0 Å². The number of nitrogens with zero attached hydrogens (tertiary/aromatic N) is 1. The monoisotopic (exact) mass is 96.1 g/mol. The van der Waals surface area contributed by atoms with Crippen molar-refractivity contribution >= 4 is 6.21 Å². The van der Waals surface area contributed by atoms with Gasteiger partial charge in [0.15, 0.2) is 0 Å². The van der Waals surface area contributed by atoms with Gasteiger partial charge in [-0.15, -0.1) is 0 Å². The van der Waals surface area contributed by atoms with Crippen LogP contribution in [0.4, 0.5) is 0 Å². The highest BCUT2D eigenvalue weighted by molar-refractivity contribution is 5.58. The third kappa shape index (κ3) is 1.30. The normalized spacial score (nSPS) is 30.7. The third-order valence-corrected chi connectivity index (χ3v) is 1.19. The minimum atomic E-state index is 0.355. The average Bonchev–Trinajstić information content (AvgIpc) is 1.69. The summed E-state index contributed by atoms with van der Waals surface area (Å²) in [6, 6.07) is 0.355. The molecule has 1 atom stereocenters. The highest BCUT2D eigenvalue weighted by Crippen LogP contribution is 2.06. The van der Waals surface area contributed by atoms with E-state index < -0.39 is 0 Å². The molecule has 0 amide bonds. The van der Waals surface area contributed by atoms with E-state index in [1.807, 2.05) is 6.21 Å². The summed E-state index contributed by atoms with van der Waals surface area (Å²) >= 11 is 0. The van der Waals surface area contributed by atoms with Gasteiger partial charge in [0.25, 0.3) is 0 Å². The number of hydrogen-bond donors (Lipinski definition) is 0. The van der Waals surface area contributed by atoms with Crippen LogP contribution in [0.25, 0.3) is 0 Å². The lowest BCUT2D eigenvalue weighted by atomic mass is 10.1. The van der Waals surface area contributed by atoms with E-state index in [-0.39, 0.29) is 0 Å². The van der Waals surface area contributed by atoms with E-state index >= 15 is 0 Å². The lowest BCUT2D eigenvalue weighted by Crippen LogP contribution is -2.03. The zero-order valence-electron chi connectivity index (χ0n) is 4.43. The van der Waals surface area contributed by atoms with Crippen LogP contribution in [0, 0.1) is 6.92 Å². The van der Waals surface area contributed by atoms with E-state index in [4.69, 9.17) is 0 Å². The van der Waals surface area contributed by atoms with Crippen LogP contribution >= 0.6 is 0 Å². The molecule has 0 saturated heterocycles. The van der Waals surface area contributed by atoms with Gasteiger partial charge in [0.2, 0.25) is 0 Å². The number of hydrogen-bond acceptors (Lipinski definition) is 1. The Labute approximate surface area is 44.5 Å². The minimum absolute atomic E-state index is 0.355. The molecular weight excluding hydrogens is 86.1 g/mol. The zero-order chi connectivity index (χ0) is 5.11. The fourth-order valence-electron chi connectivity index (χ4n) is 0.743. The largest absolute Gasteiger partial charge is 0.294 e. The Balaban J connectivity index is 2.36. The van der Waals surface area contributed by atoms with Gasteiger partial charge in [-0.1, -0.05) is 0 Å². The summed E-state index contributed by atoms with van der Waals surface area (Å²) in [5.74, 6) is 0. The molecule has 0 aromatic rings. The maximum absolute atomic E-state index is 4.09. The molecule has 0 spiro atoms. The number of rotatable bonds is 0. The topological polar surface area (TPSA) is 12.4 Å². The quantitative estimate of drug-likeness (QED) is 0.432. The molecule has 0 N–H and O–H groups in total. The molecule has 1 heteroatoms. The first kappa shape index (κ1) is 4.82. The first-order valence-corrected chi connectivity index (χ1v) is 2.74. The van der Waals surface area contributed by atoms with Gasteiger partial charge in [-0.2, -0.15) is 0 Å². The predicted molar refractivity (Wildman–Crippen MR) is 31.5 cm³/mol. The van der Waals surface area contributed by atoms with Gasteiger partial charge in [0.1, 0.15) is 0 Å². The van der Waals surface area contributed by atoms with Crippen molar-refractivity contribution < 1.29 is 0 Å². The Bertz CT molecular complexity index is 76.2. The summed E-state index contributed by atoms with van der Waals surface area (Å²) < 4.78 is 0. The molecule has 1 aliphatic rings. The summed E-state index contributed by atoms with van der Waals surface area (Å²) in [6.45, 7) is 3.80. The lowest BCUT2D eigenvalue weighted by molar-refractivity contribution is 0.658. The van der Waals surface area contributed by atoms with Crippen LogP contribution in [0.3, 0.4) is 0 Å². The van der Waals surface area contributed by atoms with Gasteiger partial charge in [0, 0.05) is 6.04 Å². The highest BCUT2D eigenvalue weighted by Gasteiger charge is 2.00. The molecule has 0 saturated carbocycles. The Morgan fingerprint density at radius 3 is 2.86 bits per heavy atom. The van der Waals surface area contributed by atoms with Crippen molar-refractivity contribution in [1.82, 2.24) is 0 Å². The zero-order valence-corrected chi connectivity index (χ0v) is 4.43. The highest BCUT2D eigenvalue weighted by atomic mass is 14.8. The van der Waals surface area contributed by atoms with Crippen LogP contribution < -0.4 is 0 Å². The van der Waals surface area contributed by atoms with Gasteiger partial charge in [-0.25, -0.2) is 0 Å². The molecule has 1 rings (SSSR count). The minimum Gasteiger partial charge on any atom is -0.294 e. The van der Waals surface area contributed by atoms with E-state index in [1.54, 1.807) is 0 Å². The van der Waals surface area contributed by atoms with Gasteiger partial charge < -0.3 is 0 Å². The Hall–Kier alpha value is -0.330. The summed E-state index contributed by atoms with van der Waals surface area (Å²) in [5, 5.41) is 0. The van der Waals surface area contributed by atoms with Gasteiger partial charge >= 0.3 is 0 Å². The molecule has 1 heterocycles. The van der Waals surface area contributed by atoms with Gasteiger partial charge in [0.05, 0.1) is 0 Å². The summed E-state index contributed by atoms with van der Waals surface area (Å²) in [4.78, 5) is 4.09. The van der Waals surface area contributed by atoms with E-state index in [0.717, 1.165) is 6.42 Å². The maximum Gasteiger partial charge on any atom is 0.0496 e. The molecule has 0 bridgehead atoms. The Morgan fingerprint density at radius 2 is 2.57 bits per heavy atom. The van der Waals surface area contributed by atoms with Crippen LogP contribution in [0.1, 0.15) is 19.3 Å². The maximum atomic E-state index is 4.09. The van der Waals surface area contributed by atoms with E-state index in [0.29, 0.717) is 6.04 Å². The Morgan fingerprint density at radius 1 is 1.71 bits per heavy atom. The molecular formula is C6H10N. The van der Waals surface area contributed by atoms with Crippen molar-refractivity contribution in [3.8, 4) is 0 Å². The molecule has 0 fully saturated rings. The predicted octanol–water partition coefficient (Wildman–Crippen LogP) is 1.44. The lowest BCUT2D eigenvalue weighted by Gasteiger charge is -2.07. The van der Waals surface area contributed by atoms with Crippen molar-refractivity contribution in [1.29, 1.82) is 0 Å². The SMILES string of the molecule is [CH2]C1CCCC=N1. The molecule has 1 unspecified atom stereocenters. The average molecular weight is 96.2 g/mol. The van der Waals surface area contributed by atoms with Crippen LogP contribution in [-0.4, -0.2) is 12.3 Å². The molecule has 0 aromatic carbocycles.